The number of nitrogens with zero attached hydrogens (tertiary/aromatic N) is 3. The van der Waals surface area contributed by atoms with Gasteiger partial charge < -0.3 is 19.1 Å². The average Bonchev–Trinajstić information content (AvgIpc) is 3.07. The lowest BCUT2D eigenvalue weighted by molar-refractivity contribution is 0.0533. The lowest BCUT2D eigenvalue weighted by atomic mass is 10.2. The molecule has 0 bridgehead atoms. The van der Waals surface area contributed by atoms with Gasteiger partial charge in [-0.1, -0.05) is 31.1 Å². The molecule has 0 aliphatic carbocycles. The van der Waals surface area contributed by atoms with Crippen molar-refractivity contribution in [1.29, 1.82) is 0 Å². The molecule has 0 unspecified atom stereocenters. The van der Waals surface area contributed by atoms with Crippen molar-refractivity contribution in [1.82, 2.24) is 15.0 Å². The number of piperazine rings is 1. The Kier molecular flexibility index (Phi) is 7.42. The minimum absolute atomic E-state index is 0.00735. The number of aryl methyl sites for hydroxylation is 2. The Bertz CT molecular complexity index is 869. The van der Waals surface area contributed by atoms with Crippen molar-refractivity contribution in [2.45, 2.75) is 38.3 Å². The molecule has 0 atom stereocenters. The van der Waals surface area contributed by atoms with Crippen molar-refractivity contribution >= 4 is 23.8 Å². The maximum Gasteiger partial charge on any atom is 0.409 e. The second kappa shape index (κ2) is 10.0. The molecular formula is C22H29N3O4S. The Labute approximate surface area is 181 Å². The molecule has 1 aromatic heterocycles. The molecule has 0 saturated carbocycles. The van der Waals surface area contributed by atoms with E-state index >= 15 is 0 Å². The molecule has 1 aliphatic rings. The van der Waals surface area contributed by atoms with Crippen molar-refractivity contribution in [3.8, 4) is 0 Å². The number of ether oxygens (including phenoxy) is 1. The SMILES string of the molecule is Cc1noc(C)c1CSc1ccccc1C(=O)N1CCN(C(=O)OCC(C)C)CC1. The summed E-state index contributed by atoms with van der Waals surface area (Å²) in [6.07, 6.45) is -0.300. The van der Waals surface area contributed by atoms with E-state index in [-0.39, 0.29) is 12.0 Å². The van der Waals surface area contributed by atoms with Gasteiger partial charge in [-0.3, -0.25) is 4.79 Å². The number of carbonyl (C=O) groups is 2. The predicted molar refractivity (Wildman–Crippen MR) is 116 cm³/mol. The van der Waals surface area contributed by atoms with Crippen molar-refractivity contribution in [3.63, 3.8) is 0 Å². The van der Waals surface area contributed by atoms with Crippen LogP contribution in [0.15, 0.2) is 33.7 Å². The summed E-state index contributed by atoms with van der Waals surface area (Å²) < 4.78 is 10.5. The van der Waals surface area contributed by atoms with Crippen LogP contribution in [0.5, 0.6) is 0 Å². The van der Waals surface area contributed by atoms with Gasteiger partial charge in [0.25, 0.3) is 5.91 Å². The zero-order valence-corrected chi connectivity index (χ0v) is 18.8. The number of rotatable bonds is 6. The largest absolute Gasteiger partial charge is 0.449 e. The first-order chi connectivity index (χ1) is 14.4. The quantitative estimate of drug-likeness (QED) is 0.640. The van der Waals surface area contributed by atoms with Gasteiger partial charge in [0.1, 0.15) is 5.76 Å². The number of thioether (sulfide) groups is 1. The molecule has 7 nitrogen and oxygen atoms in total. The monoisotopic (exact) mass is 431 g/mol. The molecule has 3 rings (SSSR count). The summed E-state index contributed by atoms with van der Waals surface area (Å²) >= 11 is 1.61. The fourth-order valence-electron chi connectivity index (χ4n) is 3.22. The zero-order valence-electron chi connectivity index (χ0n) is 18.0. The van der Waals surface area contributed by atoms with Crippen LogP contribution in [0.25, 0.3) is 0 Å². The molecule has 2 heterocycles. The number of carbonyl (C=O) groups excluding carboxylic acids is 2. The summed E-state index contributed by atoms with van der Waals surface area (Å²) in [6.45, 7) is 10.2. The first-order valence-electron chi connectivity index (χ1n) is 10.2. The summed E-state index contributed by atoms with van der Waals surface area (Å²) in [5, 5.41) is 4.00. The molecule has 30 heavy (non-hydrogen) atoms. The minimum Gasteiger partial charge on any atom is -0.449 e. The van der Waals surface area contributed by atoms with Crippen LogP contribution in [0.3, 0.4) is 0 Å². The van der Waals surface area contributed by atoms with Crippen LogP contribution in [0, 0.1) is 19.8 Å². The number of hydrogen-bond acceptors (Lipinski definition) is 6. The molecule has 1 aliphatic heterocycles. The van der Waals surface area contributed by atoms with Crippen LogP contribution in [-0.4, -0.2) is 59.7 Å². The first kappa shape index (κ1) is 22.2. The Morgan fingerprint density at radius 3 is 2.43 bits per heavy atom. The summed E-state index contributed by atoms with van der Waals surface area (Å²) in [7, 11) is 0. The van der Waals surface area contributed by atoms with Crippen molar-refractivity contribution in [3.05, 3.63) is 46.8 Å². The van der Waals surface area contributed by atoms with Crippen LogP contribution in [0.1, 0.15) is 41.2 Å². The fourth-order valence-corrected chi connectivity index (χ4v) is 4.42. The highest BCUT2D eigenvalue weighted by atomic mass is 32.2. The van der Waals surface area contributed by atoms with Gasteiger partial charge in [0.15, 0.2) is 0 Å². The van der Waals surface area contributed by atoms with Crippen molar-refractivity contribution in [2.24, 2.45) is 5.92 Å². The molecular weight excluding hydrogens is 402 g/mol. The minimum atomic E-state index is -0.300. The maximum absolute atomic E-state index is 13.2. The van der Waals surface area contributed by atoms with E-state index in [0.717, 1.165) is 21.9 Å². The molecule has 1 fully saturated rings. The molecule has 2 amide bonds. The van der Waals surface area contributed by atoms with Gasteiger partial charge >= 0.3 is 6.09 Å². The van der Waals surface area contributed by atoms with Gasteiger partial charge in [-0.2, -0.15) is 0 Å². The number of amides is 2. The third-order valence-corrected chi connectivity index (χ3v) is 6.14. The van der Waals surface area contributed by atoms with Gasteiger partial charge in [-0.05, 0) is 31.9 Å². The van der Waals surface area contributed by atoms with Gasteiger partial charge in [0, 0.05) is 42.4 Å². The zero-order chi connectivity index (χ0) is 21.7. The lowest BCUT2D eigenvalue weighted by Gasteiger charge is -2.34. The van der Waals surface area contributed by atoms with E-state index in [9.17, 15) is 9.59 Å². The second-order valence-electron chi connectivity index (χ2n) is 7.84. The summed E-state index contributed by atoms with van der Waals surface area (Å²) in [5.74, 6) is 1.80. The normalized spacial score (nSPS) is 14.3. The number of hydrogen-bond donors (Lipinski definition) is 0. The molecule has 1 aromatic carbocycles. The molecule has 8 heteroatoms. The molecule has 162 valence electrons. The summed E-state index contributed by atoms with van der Waals surface area (Å²) in [4.78, 5) is 29.7. The van der Waals surface area contributed by atoms with E-state index in [4.69, 9.17) is 9.26 Å². The highest BCUT2D eigenvalue weighted by molar-refractivity contribution is 7.98. The summed E-state index contributed by atoms with van der Waals surface area (Å²) in [5.41, 5.74) is 2.63. The third kappa shape index (κ3) is 5.36. The first-order valence-corrected chi connectivity index (χ1v) is 11.2. The molecule has 0 spiro atoms. The highest BCUT2D eigenvalue weighted by Crippen LogP contribution is 2.29. The van der Waals surface area contributed by atoms with Gasteiger partial charge in [0.05, 0.1) is 17.9 Å². The smallest absolute Gasteiger partial charge is 0.409 e. The van der Waals surface area contributed by atoms with E-state index in [1.54, 1.807) is 16.7 Å². The topological polar surface area (TPSA) is 75.9 Å². The van der Waals surface area contributed by atoms with E-state index < -0.39 is 0 Å². The second-order valence-corrected chi connectivity index (χ2v) is 8.85. The van der Waals surface area contributed by atoms with Crippen LogP contribution < -0.4 is 0 Å². The summed E-state index contributed by atoms with van der Waals surface area (Å²) in [6, 6.07) is 7.65. The highest BCUT2D eigenvalue weighted by Gasteiger charge is 2.27. The molecule has 2 aromatic rings. The van der Waals surface area contributed by atoms with Gasteiger partial charge in [0.2, 0.25) is 0 Å². The van der Waals surface area contributed by atoms with Crippen LogP contribution in [0.2, 0.25) is 0 Å². The Morgan fingerprint density at radius 2 is 1.80 bits per heavy atom. The molecule has 0 radical (unpaired) electrons. The number of benzene rings is 1. The molecule has 1 saturated heterocycles. The molecule has 0 N–H and O–H groups in total. The average molecular weight is 432 g/mol. The van der Waals surface area contributed by atoms with E-state index in [2.05, 4.69) is 5.16 Å². The lowest BCUT2D eigenvalue weighted by Crippen LogP contribution is -2.50. The van der Waals surface area contributed by atoms with E-state index in [1.807, 2.05) is 56.9 Å². The third-order valence-electron chi connectivity index (χ3n) is 5.04. The maximum atomic E-state index is 13.2. The van der Waals surface area contributed by atoms with Crippen LogP contribution in [-0.2, 0) is 10.5 Å². The van der Waals surface area contributed by atoms with Gasteiger partial charge in [-0.25, -0.2) is 4.79 Å². The Morgan fingerprint density at radius 1 is 1.13 bits per heavy atom. The fraction of sp³-hybridized carbons (Fsp3) is 0.500. The Hall–Kier alpha value is -2.48. The van der Waals surface area contributed by atoms with E-state index in [0.29, 0.717) is 50.0 Å². The van der Waals surface area contributed by atoms with Crippen molar-refractivity contribution in [2.75, 3.05) is 32.8 Å². The van der Waals surface area contributed by atoms with Gasteiger partial charge in [-0.15, -0.1) is 11.8 Å². The van der Waals surface area contributed by atoms with Crippen LogP contribution in [0.4, 0.5) is 4.79 Å². The standard InChI is InChI=1S/C22H29N3O4S/c1-15(2)13-28-22(27)25-11-9-24(10-12-25)21(26)18-7-5-6-8-20(18)30-14-19-16(3)23-29-17(19)4/h5-8,15H,9-14H2,1-4H3. The van der Waals surface area contributed by atoms with Crippen LogP contribution >= 0.6 is 11.8 Å². The van der Waals surface area contributed by atoms with Crippen molar-refractivity contribution < 1.29 is 18.8 Å². The van der Waals surface area contributed by atoms with E-state index in [1.165, 1.54) is 0 Å². The predicted octanol–water partition coefficient (Wildman–Crippen LogP) is 4.13. The number of aromatic nitrogens is 1. The Balaban J connectivity index is 1.60.